The van der Waals surface area contributed by atoms with Gasteiger partial charge in [0.1, 0.15) is 11.5 Å². The molecule has 2 N–H and O–H groups in total. The number of hydrogen-bond donors (Lipinski definition) is 2. The molecule has 1 aliphatic carbocycles. The quantitative estimate of drug-likeness (QED) is 0.793. The predicted octanol–water partition coefficient (Wildman–Crippen LogP) is 1.90. The first-order valence-corrected chi connectivity index (χ1v) is 7.68. The van der Waals surface area contributed by atoms with Gasteiger partial charge in [0.25, 0.3) is 0 Å². The van der Waals surface area contributed by atoms with E-state index in [0.29, 0.717) is 12.6 Å². The second-order valence-electron chi connectivity index (χ2n) is 4.69. The smallest absolute Gasteiger partial charge is 0.237 e. The summed E-state index contributed by atoms with van der Waals surface area (Å²) in [7, 11) is 0. The van der Waals surface area contributed by atoms with E-state index >= 15 is 0 Å². The van der Waals surface area contributed by atoms with E-state index in [0.717, 1.165) is 30.1 Å². The van der Waals surface area contributed by atoms with Crippen molar-refractivity contribution in [2.75, 3.05) is 6.26 Å². The molecule has 2 rings (SSSR count). The second-order valence-corrected chi connectivity index (χ2v) is 5.55. The molecular formula is C13H20N2O2S. The Morgan fingerprint density at radius 1 is 1.50 bits per heavy atom. The van der Waals surface area contributed by atoms with Crippen LogP contribution in [0.1, 0.15) is 31.3 Å². The van der Waals surface area contributed by atoms with E-state index in [9.17, 15) is 4.79 Å². The molecule has 1 atom stereocenters. The van der Waals surface area contributed by atoms with Crippen molar-refractivity contribution in [3.8, 4) is 0 Å². The van der Waals surface area contributed by atoms with E-state index in [1.165, 1.54) is 0 Å². The van der Waals surface area contributed by atoms with Crippen LogP contribution in [0.4, 0.5) is 0 Å². The first kappa shape index (κ1) is 13.5. The largest absolute Gasteiger partial charge is 0.464 e. The highest BCUT2D eigenvalue weighted by molar-refractivity contribution is 7.97. The Labute approximate surface area is 112 Å². The van der Waals surface area contributed by atoms with Crippen LogP contribution in [0.3, 0.4) is 0 Å². The van der Waals surface area contributed by atoms with E-state index in [2.05, 4.69) is 10.6 Å². The Balaban J connectivity index is 1.73. The second kappa shape index (κ2) is 6.29. The van der Waals surface area contributed by atoms with Gasteiger partial charge in [0.15, 0.2) is 0 Å². The lowest BCUT2D eigenvalue weighted by Crippen LogP contribution is -2.42. The van der Waals surface area contributed by atoms with Crippen molar-refractivity contribution in [3.05, 3.63) is 23.7 Å². The van der Waals surface area contributed by atoms with Crippen LogP contribution in [-0.2, 0) is 17.1 Å². The van der Waals surface area contributed by atoms with Crippen LogP contribution < -0.4 is 10.6 Å². The van der Waals surface area contributed by atoms with Gasteiger partial charge in [-0.05, 0) is 38.2 Å². The summed E-state index contributed by atoms with van der Waals surface area (Å²) in [6.07, 6.45) is 4.29. The molecule has 0 radical (unpaired) electrons. The molecule has 1 saturated carbocycles. The Hall–Kier alpha value is -0.940. The number of hydrogen-bond acceptors (Lipinski definition) is 4. The lowest BCUT2D eigenvalue weighted by molar-refractivity contribution is -0.122. The zero-order valence-corrected chi connectivity index (χ0v) is 11.7. The molecule has 1 fully saturated rings. The van der Waals surface area contributed by atoms with Gasteiger partial charge in [0.2, 0.25) is 5.91 Å². The monoisotopic (exact) mass is 268 g/mol. The fraction of sp³-hybridized carbons (Fsp3) is 0.615. The predicted molar refractivity (Wildman–Crippen MR) is 73.4 cm³/mol. The third-order valence-corrected chi connectivity index (χ3v) is 3.48. The zero-order chi connectivity index (χ0) is 13.0. The summed E-state index contributed by atoms with van der Waals surface area (Å²) < 4.78 is 5.63. The number of nitrogens with one attached hydrogen (secondary N) is 2. The standard InChI is InChI=1S/C13H20N2O2S/c1-9(13(16)15-10-3-4-10)14-7-11-5-6-12(17-11)8-18-2/h5-6,9-10,14H,3-4,7-8H2,1-2H3,(H,15,16). The van der Waals surface area contributed by atoms with Crippen LogP contribution >= 0.6 is 11.8 Å². The lowest BCUT2D eigenvalue weighted by atomic mass is 10.3. The van der Waals surface area contributed by atoms with Crippen molar-refractivity contribution in [3.63, 3.8) is 0 Å². The van der Waals surface area contributed by atoms with Gasteiger partial charge in [-0.15, -0.1) is 0 Å². The minimum atomic E-state index is -0.181. The van der Waals surface area contributed by atoms with E-state index in [1.807, 2.05) is 25.3 Å². The molecule has 100 valence electrons. The maximum atomic E-state index is 11.7. The molecular weight excluding hydrogens is 248 g/mol. The summed E-state index contributed by atoms with van der Waals surface area (Å²) >= 11 is 1.73. The summed E-state index contributed by atoms with van der Waals surface area (Å²) in [6.45, 7) is 2.47. The lowest BCUT2D eigenvalue weighted by Gasteiger charge is -2.12. The van der Waals surface area contributed by atoms with E-state index in [1.54, 1.807) is 11.8 Å². The van der Waals surface area contributed by atoms with E-state index in [-0.39, 0.29) is 11.9 Å². The molecule has 1 amide bonds. The summed E-state index contributed by atoms with van der Waals surface area (Å²) in [4.78, 5) is 11.7. The SMILES string of the molecule is CSCc1ccc(CNC(C)C(=O)NC2CC2)o1. The number of furan rings is 1. The number of carbonyl (C=O) groups excluding carboxylic acids is 1. The van der Waals surface area contributed by atoms with Gasteiger partial charge in [-0.1, -0.05) is 0 Å². The summed E-state index contributed by atoms with van der Waals surface area (Å²) in [5, 5.41) is 6.15. The molecule has 1 heterocycles. The molecule has 1 aromatic heterocycles. The molecule has 1 aliphatic rings. The van der Waals surface area contributed by atoms with Crippen molar-refractivity contribution in [1.29, 1.82) is 0 Å². The Bertz CT molecular complexity index is 401. The molecule has 0 saturated heterocycles. The average molecular weight is 268 g/mol. The molecule has 1 aromatic rings. The molecule has 5 heteroatoms. The topological polar surface area (TPSA) is 54.3 Å². The molecule has 1 unspecified atom stereocenters. The Kier molecular flexibility index (Phi) is 4.72. The number of amides is 1. The molecule has 4 nitrogen and oxygen atoms in total. The van der Waals surface area contributed by atoms with E-state index in [4.69, 9.17) is 4.42 Å². The van der Waals surface area contributed by atoms with Crippen molar-refractivity contribution >= 4 is 17.7 Å². The van der Waals surface area contributed by atoms with Crippen LogP contribution in [0.2, 0.25) is 0 Å². The zero-order valence-electron chi connectivity index (χ0n) is 10.9. The summed E-state index contributed by atoms with van der Waals surface area (Å²) in [5.74, 6) is 2.82. The number of thioether (sulfide) groups is 1. The van der Waals surface area contributed by atoms with Crippen LogP contribution in [0.15, 0.2) is 16.5 Å². The van der Waals surface area contributed by atoms with Gasteiger partial charge in [0.05, 0.1) is 18.3 Å². The van der Waals surface area contributed by atoms with Crippen molar-refractivity contribution in [2.24, 2.45) is 0 Å². The van der Waals surface area contributed by atoms with Crippen molar-refractivity contribution in [2.45, 2.75) is 44.1 Å². The van der Waals surface area contributed by atoms with Gasteiger partial charge >= 0.3 is 0 Å². The Morgan fingerprint density at radius 2 is 2.22 bits per heavy atom. The minimum absolute atomic E-state index is 0.0772. The third-order valence-electron chi connectivity index (χ3n) is 2.90. The molecule has 0 bridgehead atoms. The fourth-order valence-corrected chi connectivity index (χ4v) is 2.08. The van der Waals surface area contributed by atoms with Gasteiger partial charge < -0.3 is 9.73 Å². The molecule has 0 spiro atoms. The first-order chi connectivity index (χ1) is 8.69. The summed E-state index contributed by atoms with van der Waals surface area (Å²) in [6, 6.07) is 4.19. The third kappa shape index (κ3) is 4.07. The highest BCUT2D eigenvalue weighted by atomic mass is 32.2. The van der Waals surface area contributed by atoms with Crippen molar-refractivity contribution < 1.29 is 9.21 Å². The first-order valence-electron chi connectivity index (χ1n) is 6.29. The average Bonchev–Trinajstić information content (AvgIpc) is 3.05. The minimum Gasteiger partial charge on any atom is -0.464 e. The maximum Gasteiger partial charge on any atom is 0.237 e. The van der Waals surface area contributed by atoms with Gasteiger partial charge in [-0.2, -0.15) is 11.8 Å². The Morgan fingerprint density at radius 3 is 2.89 bits per heavy atom. The van der Waals surface area contributed by atoms with Gasteiger partial charge in [-0.25, -0.2) is 0 Å². The maximum absolute atomic E-state index is 11.7. The summed E-state index contributed by atoms with van der Waals surface area (Å²) in [5.41, 5.74) is 0. The van der Waals surface area contributed by atoms with Crippen LogP contribution in [0.5, 0.6) is 0 Å². The normalized spacial score (nSPS) is 16.6. The van der Waals surface area contributed by atoms with Crippen LogP contribution in [-0.4, -0.2) is 24.2 Å². The molecule has 0 aliphatic heterocycles. The van der Waals surface area contributed by atoms with Crippen molar-refractivity contribution in [1.82, 2.24) is 10.6 Å². The van der Waals surface area contributed by atoms with Crippen LogP contribution in [0.25, 0.3) is 0 Å². The number of rotatable bonds is 7. The fourth-order valence-electron chi connectivity index (χ4n) is 1.64. The molecule has 0 aromatic carbocycles. The highest BCUT2D eigenvalue weighted by Crippen LogP contribution is 2.18. The van der Waals surface area contributed by atoms with Gasteiger partial charge in [-0.3, -0.25) is 10.1 Å². The van der Waals surface area contributed by atoms with Gasteiger partial charge in [0, 0.05) is 6.04 Å². The van der Waals surface area contributed by atoms with E-state index < -0.39 is 0 Å². The van der Waals surface area contributed by atoms with Crippen LogP contribution in [0, 0.1) is 0 Å². The molecule has 18 heavy (non-hydrogen) atoms. The highest BCUT2D eigenvalue weighted by Gasteiger charge is 2.25. The number of carbonyl (C=O) groups is 1.